The molecule has 6 aromatic rings. The molecule has 0 fully saturated rings. The minimum Gasteiger partial charge on any atom is -0.290 e. The summed E-state index contributed by atoms with van der Waals surface area (Å²) in [5.41, 5.74) is 10.4. The van der Waals surface area contributed by atoms with E-state index in [0.29, 0.717) is 16.7 Å². The fraction of sp³-hybridized carbons (Fsp3) is 0.0714. The number of amides is 1. The number of nitrogens with zero attached hydrogens (tertiary/aromatic N) is 3. The molecule has 0 unspecified atom stereocenters. The lowest BCUT2D eigenvalue weighted by atomic mass is 9.70. The number of para-hydroxylation sites is 1. The molecular weight excluding hydrogens is 562 g/mol. The third kappa shape index (κ3) is 4.32. The molecule has 1 heterocycles. The van der Waals surface area contributed by atoms with Gasteiger partial charge in [-0.15, -0.1) is 0 Å². The third-order valence-electron chi connectivity index (χ3n) is 9.03. The maximum Gasteiger partial charge on any atom is 0.260 e. The zero-order valence-corrected chi connectivity index (χ0v) is 25.5. The first-order valence-corrected chi connectivity index (χ1v) is 15.2. The van der Waals surface area contributed by atoms with Gasteiger partial charge in [-0.25, -0.2) is 0 Å². The monoisotopic (exact) mass is 591 g/mol. The van der Waals surface area contributed by atoms with Crippen molar-refractivity contribution >= 4 is 11.6 Å². The zero-order chi connectivity index (χ0) is 31.8. The van der Waals surface area contributed by atoms with Crippen molar-refractivity contribution in [1.29, 1.82) is 10.5 Å². The summed E-state index contributed by atoms with van der Waals surface area (Å²) >= 11 is 0. The van der Waals surface area contributed by atoms with Crippen molar-refractivity contribution in [2.24, 2.45) is 0 Å². The average molecular weight is 592 g/mol. The van der Waals surface area contributed by atoms with Gasteiger partial charge in [0.1, 0.15) is 5.54 Å². The second-order valence-corrected chi connectivity index (χ2v) is 11.6. The molecule has 4 heteroatoms. The van der Waals surface area contributed by atoms with E-state index in [4.69, 9.17) is 0 Å². The molecule has 0 bridgehead atoms. The zero-order valence-electron chi connectivity index (χ0n) is 25.5. The predicted octanol–water partition coefficient (Wildman–Crippen LogP) is 9.33. The summed E-state index contributed by atoms with van der Waals surface area (Å²) in [6.07, 6.45) is 0. The summed E-state index contributed by atoms with van der Waals surface area (Å²) in [7, 11) is 0. The Labute approximate surface area is 269 Å². The van der Waals surface area contributed by atoms with Crippen LogP contribution in [0.3, 0.4) is 0 Å². The third-order valence-corrected chi connectivity index (χ3v) is 9.03. The molecule has 0 aromatic heterocycles. The van der Waals surface area contributed by atoms with Crippen molar-refractivity contribution in [1.82, 2.24) is 0 Å². The van der Waals surface area contributed by atoms with Crippen LogP contribution >= 0.6 is 0 Å². The van der Waals surface area contributed by atoms with Gasteiger partial charge in [0.2, 0.25) is 0 Å². The lowest BCUT2D eigenvalue weighted by Gasteiger charge is -2.43. The Balaban J connectivity index is 1.68. The van der Waals surface area contributed by atoms with E-state index in [0.717, 1.165) is 55.8 Å². The summed E-state index contributed by atoms with van der Waals surface area (Å²) in [5, 5.41) is 19.1. The Morgan fingerprint density at radius 1 is 0.522 bits per heavy atom. The number of anilines is 1. The molecule has 1 aliphatic heterocycles. The van der Waals surface area contributed by atoms with Crippen molar-refractivity contribution in [3.63, 3.8) is 0 Å². The van der Waals surface area contributed by atoms with Crippen LogP contribution in [0.25, 0.3) is 22.3 Å². The Morgan fingerprint density at radius 3 is 1.48 bits per heavy atom. The number of carbonyl (C=O) groups is 1. The maximum absolute atomic E-state index is 14.8. The van der Waals surface area contributed by atoms with Crippen LogP contribution in [0.5, 0.6) is 0 Å². The minimum atomic E-state index is -1.08. The number of benzene rings is 6. The van der Waals surface area contributed by atoms with Gasteiger partial charge < -0.3 is 0 Å². The van der Waals surface area contributed by atoms with E-state index < -0.39 is 5.54 Å². The van der Waals surface area contributed by atoms with Crippen LogP contribution in [0.15, 0.2) is 140 Å². The van der Waals surface area contributed by atoms with Gasteiger partial charge in [-0.05, 0) is 106 Å². The van der Waals surface area contributed by atoms with Crippen molar-refractivity contribution < 1.29 is 4.79 Å². The summed E-state index contributed by atoms with van der Waals surface area (Å²) in [6.45, 7) is 4.19. The van der Waals surface area contributed by atoms with Gasteiger partial charge in [0.05, 0.1) is 23.3 Å². The lowest BCUT2D eigenvalue weighted by molar-refractivity contribution is 0.0987. The number of hydrogen-bond donors (Lipinski definition) is 0. The van der Waals surface area contributed by atoms with Crippen LogP contribution in [-0.4, -0.2) is 5.91 Å². The SMILES string of the molecule is Cc1cccc(C2(c3cccc(C)c3-c3ccc(C#N)cc3)c3ccccc3C(=O)N2c2ccccc2)c1-c1ccc(C#N)cc1. The molecule has 0 atom stereocenters. The predicted molar refractivity (Wildman–Crippen MR) is 182 cm³/mol. The van der Waals surface area contributed by atoms with Crippen LogP contribution < -0.4 is 4.90 Å². The Hall–Kier alpha value is -6.23. The molecule has 1 aliphatic rings. The van der Waals surface area contributed by atoms with Gasteiger partial charge in [-0.1, -0.05) is 97.1 Å². The van der Waals surface area contributed by atoms with Gasteiger partial charge in [0, 0.05) is 11.3 Å². The highest BCUT2D eigenvalue weighted by atomic mass is 16.2. The quantitative estimate of drug-likeness (QED) is 0.201. The average Bonchev–Trinajstić information content (AvgIpc) is 3.37. The summed E-state index contributed by atoms with van der Waals surface area (Å²) in [5.74, 6) is -0.0821. The smallest absolute Gasteiger partial charge is 0.260 e. The second kappa shape index (κ2) is 11.4. The van der Waals surface area contributed by atoms with Crippen LogP contribution in [0.1, 0.15) is 49.3 Å². The fourth-order valence-electron chi connectivity index (χ4n) is 7.07. The Morgan fingerprint density at radius 2 is 0.978 bits per heavy atom. The van der Waals surface area contributed by atoms with Crippen molar-refractivity contribution in [3.8, 4) is 34.4 Å². The molecule has 0 radical (unpaired) electrons. The Kier molecular flexibility index (Phi) is 7.05. The van der Waals surface area contributed by atoms with Gasteiger partial charge in [-0.2, -0.15) is 10.5 Å². The van der Waals surface area contributed by atoms with Crippen LogP contribution in [0.2, 0.25) is 0 Å². The molecule has 218 valence electrons. The van der Waals surface area contributed by atoms with Crippen LogP contribution in [0, 0.1) is 36.5 Å². The van der Waals surface area contributed by atoms with E-state index in [9.17, 15) is 15.3 Å². The lowest BCUT2D eigenvalue weighted by Crippen LogP contribution is -2.47. The summed E-state index contributed by atoms with van der Waals surface area (Å²) in [4.78, 5) is 16.8. The highest BCUT2D eigenvalue weighted by Crippen LogP contribution is 2.55. The van der Waals surface area contributed by atoms with Crippen molar-refractivity contribution in [3.05, 3.63) is 184 Å². The highest BCUT2D eigenvalue weighted by Gasteiger charge is 2.54. The van der Waals surface area contributed by atoms with Crippen molar-refractivity contribution in [2.45, 2.75) is 19.4 Å². The first-order valence-electron chi connectivity index (χ1n) is 15.2. The first-order chi connectivity index (χ1) is 22.5. The number of nitriles is 2. The fourth-order valence-corrected chi connectivity index (χ4v) is 7.07. The molecule has 0 saturated heterocycles. The molecular formula is C42H29N3O. The van der Waals surface area contributed by atoms with Crippen LogP contribution in [0.4, 0.5) is 5.69 Å². The Bertz CT molecular complexity index is 2100. The molecule has 1 amide bonds. The molecule has 7 rings (SSSR count). The van der Waals surface area contributed by atoms with E-state index in [-0.39, 0.29) is 5.91 Å². The van der Waals surface area contributed by atoms with E-state index in [1.54, 1.807) is 0 Å². The van der Waals surface area contributed by atoms with Crippen molar-refractivity contribution in [2.75, 3.05) is 4.90 Å². The number of hydrogen-bond acceptors (Lipinski definition) is 3. The van der Waals surface area contributed by atoms with Gasteiger partial charge in [0.25, 0.3) is 5.91 Å². The summed E-state index contributed by atoms with van der Waals surface area (Å²) < 4.78 is 0. The number of fused-ring (bicyclic) bond motifs is 1. The molecule has 0 N–H and O–H groups in total. The minimum absolute atomic E-state index is 0.0821. The van der Waals surface area contributed by atoms with E-state index in [1.165, 1.54) is 0 Å². The maximum atomic E-state index is 14.8. The molecule has 0 saturated carbocycles. The van der Waals surface area contributed by atoms with E-state index in [2.05, 4.69) is 68.5 Å². The number of aryl methyl sites for hydroxylation is 2. The normalized spacial score (nSPS) is 13.1. The number of carbonyl (C=O) groups excluding carboxylic acids is 1. The largest absolute Gasteiger partial charge is 0.290 e. The van der Waals surface area contributed by atoms with Gasteiger partial charge in [-0.3, -0.25) is 9.69 Å². The molecule has 4 nitrogen and oxygen atoms in total. The van der Waals surface area contributed by atoms with E-state index in [1.807, 2.05) is 102 Å². The molecule has 46 heavy (non-hydrogen) atoms. The van der Waals surface area contributed by atoms with Crippen LogP contribution in [-0.2, 0) is 5.54 Å². The molecule has 6 aromatic carbocycles. The topological polar surface area (TPSA) is 67.9 Å². The summed E-state index contributed by atoms with van der Waals surface area (Å²) in [6, 6.07) is 50.2. The highest BCUT2D eigenvalue weighted by molar-refractivity contribution is 6.14. The standard InChI is InChI=1S/C42H29N3O/c1-28-10-8-16-37(39(28)32-22-18-30(26-43)19-23-32)42(38-17-9-11-29(2)40(38)33-24-20-31(27-44)21-25-33)36-15-7-6-14-35(36)41(46)45(42)34-12-4-3-5-13-34/h3-25H,1-2H3. The number of rotatable bonds is 5. The van der Waals surface area contributed by atoms with Gasteiger partial charge in [0.15, 0.2) is 0 Å². The second-order valence-electron chi connectivity index (χ2n) is 11.6. The first kappa shape index (κ1) is 28.5. The molecule has 0 aliphatic carbocycles. The van der Waals surface area contributed by atoms with E-state index >= 15 is 0 Å². The molecule has 0 spiro atoms. The van der Waals surface area contributed by atoms with Gasteiger partial charge >= 0.3 is 0 Å².